The van der Waals surface area contributed by atoms with Crippen LogP contribution in [0.25, 0.3) is 0 Å². The number of hydrogen-bond acceptors (Lipinski definition) is 5. The van der Waals surface area contributed by atoms with E-state index < -0.39 is 5.97 Å². The van der Waals surface area contributed by atoms with Gasteiger partial charge in [-0.3, -0.25) is 24.1 Å². The van der Waals surface area contributed by atoms with Crippen LogP contribution in [0.5, 0.6) is 5.75 Å². The van der Waals surface area contributed by atoms with Gasteiger partial charge in [-0.05, 0) is 49.1 Å². The van der Waals surface area contributed by atoms with E-state index in [-0.39, 0.29) is 60.0 Å². The molecule has 6 rings (SSSR count). The molecule has 6 nitrogen and oxygen atoms in total. The zero-order chi connectivity index (χ0) is 19.6. The van der Waals surface area contributed by atoms with Gasteiger partial charge in [0.25, 0.3) is 0 Å². The van der Waals surface area contributed by atoms with Gasteiger partial charge >= 0.3 is 5.97 Å². The molecule has 2 amide bonds. The lowest BCUT2D eigenvalue weighted by molar-refractivity contribution is -0.141. The molecule has 2 saturated carbocycles. The van der Waals surface area contributed by atoms with Gasteiger partial charge in [0.2, 0.25) is 11.8 Å². The molecule has 1 aromatic rings. The highest BCUT2D eigenvalue weighted by Crippen LogP contribution is 2.65. The number of ketones is 1. The monoisotopic (exact) mass is 379 g/mol. The first-order valence-electron chi connectivity index (χ1n) is 9.81. The predicted octanol–water partition coefficient (Wildman–Crippen LogP) is 2.24. The molecule has 0 spiro atoms. The van der Waals surface area contributed by atoms with Gasteiger partial charge in [0.1, 0.15) is 5.75 Å². The average Bonchev–Trinajstić information content (AvgIpc) is 3.46. The summed E-state index contributed by atoms with van der Waals surface area (Å²) in [5, 5.41) is 0. The van der Waals surface area contributed by atoms with Gasteiger partial charge in [0, 0.05) is 6.54 Å². The molecule has 1 saturated heterocycles. The highest BCUT2D eigenvalue weighted by Gasteiger charge is 2.66. The van der Waals surface area contributed by atoms with Crippen molar-refractivity contribution in [2.75, 3.05) is 6.54 Å². The second-order valence-electron chi connectivity index (χ2n) is 8.26. The summed E-state index contributed by atoms with van der Waals surface area (Å²) >= 11 is 0. The smallest absolute Gasteiger partial charge is 0.313 e. The molecular formula is C22H21NO5. The Hall–Kier alpha value is -2.76. The van der Waals surface area contributed by atoms with Crippen molar-refractivity contribution < 1.29 is 23.9 Å². The molecule has 6 atom stereocenters. The molecule has 0 N–H and O–H groups in total. The number of likely N-dealkylation sites (tertiary alicyclic amines) is 1. The third kappa shape index (κ3) is 2.47. The van der Waals surface area contributed by atoms with E-state index in [2.05, 4.69) is 12.2 Å². The van der Waals surface area contributed by atoms with Crippen LogP contribution in [0, 0.1) is 35.5 Å². The number of carbonyl (C=O) groups excluding carboxylic acids is 4. The van der Waals surface area contributed by atoms with Crippen LogP contribution in [-0.2, 0) is 14.4 Å². The van der Waals surface area contributed by atoms with Crippen molar-refractivity contribution in [2.24, 2.45) is 35.5 Å². The predicted molar refractivity (Wildman–Crippen MR) is 98.1 cm³/mol. The molecule has 0 aromatic heterocycles. The van der Waals surface area contributed by atoms with Crippen LogP contribution in [0.15, 0.2) is 36.4 Å². The Morgan fingerprint density at radius 2 is 1.64 bits per heavy atom. The Kier molecular flexibility index (Phi) is 3.79. The lowest BCUT2D eigenvalue weighted by atomic mass is 9.63. The van der Waals surface area contributed by atoms with Crippen molar-refractivity contribution in [1.82, 2.24) is 4.90 Å². The number of nitrogens with zero attached hydrogens (tertiary/aromatic N) is 1. The molecule has 1 heterocycles. The maximum absolute atomic E-state index is 12.9. The molecule has 1 aromatic carbocycles. The Bertz CT molecular complexity index is 899. The maximum atomic E-state index is 12.9. The fourth-order valence-corrected chi connectivity index (χ4v) is 5.46. The van der Waals surface area contributed by atoms with Crippen LogP contribution in [0.2, 0.25) is 0 Å². The minimum atomic E-state index is -0.562. The summed E-state index contributed by atoms with van der Waals surface area (Å²) in [7, 11) is 0. The topological polar surface area (TPSA) is 80.8 Å². The van der Waals surface area contributed by atoms with Crippen LogP contribution in [0.3, 0.4) is 0 Å². The third-order valence-corrected chi connectivity index (χ3v) is 6.78. The number of Topliss-reactive ketones (excluding diaryl/α,β-unsaturated/α-hetero) is 1. The quantitative estimate of drug-likeness (QED) is 0.258. The second-order valence-corrected chi connectivity index (χ2v) is 8.26. The summed E-state index contributed by atoms with van der Waals surface area (Å²) in [6.45, 7) is 1.43. The second kappa shape index (κ2) is 6.12. The lowest BCUT2D eigenvalue weighted by Gasteiger charge is -2.37. The number of allylic oxidation sites excluding steroid dienone is 2. The minimum absolute atomic E-state index is 0.0283. The average molecular weight is 379 g/mol. The van der Waals surface area contributed by atoms with E-state index >= 15 is 0 Å². The van der Waals surface area contributed by atoms with Crippen molar-refractivity contribution in [2.45, 2.75) is 19.8 Å². The zero-order valence-electron chi connectivity index (χ0n) is 15.5. The van der Waals surface area contributed by atoms with E-state index in [9.17, 15) is 19.2 Å². The fourth-order valence-electron chi connectivity index (χ4n) is 5.46. The van der Waals surface area contributed by atoms with Crippen LogP contribution in [-0.4, -0.2) is 35.0 Å². The Balaban J connectivity index is 1.26. The molecule has 5 aliphatic rings. The molecule has 28 heavy (non-hydrogen) atoms. The summed E-state index contributed by atoms with van der Waals surface area (Å²) < 4.78 is 5.31. The van der Waals surface area contributed by atoms with Crippen molar-refractivity contribution in [3.63, 3.8) is 0 Å². The number of benzene rings is 1. The summed E-state index contributed by atoms with van der Waals surface area (Å²) in [5.74, 6) is 0.130. The van der Waals surface area contributed by atoms with Gasteiger partial charge in [0.15, 0.2) is 5.78 Å². The Labute approximate surface area is 162 Å². The van der Waals surface area contributed by atoms with Gasteiger partial charge in [-0.15, -0.1) is 0 Å². The Morgan fingerprint density at radius 1 is 1.04 bits per heavy atom. The van der Waals surface area contributed by atoms with Crippen LogP contribution in [0.1, 0.15) is 30.1 Å². The van der Waals surface area contributed by atoms with Gasteiger partial charge in [0.05, 0.1) is 23.8 Å². The van der Waals surface area contributed by atoms with E-state index in [4.69, 9.17) is 4.74 Å². The molecule has 0 unspecified atom stereocenters. The first-order valence-corrected chi connectivity index (χ1v) is 9.81. The lowest BCUT2D eigenvalue weighted by Crippen LogP contribution is -2.40. The zero-order valence-corrected chi connectivity index (χ0v) is 15.5. The molecule has 3 fully saturated rings. The molecular weight excluding hydrogens is 358 g/mol. The van der Waals surface area contributed by atoms with Crippen molar-refractivity contribution in [3.05, 3.63) is 42.0 Å². The van der Waals surface area contributed by atoms with E-state index in [0.29, 0.717) is 17.4 Å². The van der Waals surface area contributed by atoms with E-state index in [1.807, 2.05) is 0 Å². The van der Waals surface area contributed by atoms with Gasteiger partial charge < -0.3 is 4.74 Å². The normalized spacial score (nSPS) is 34.2. The maximum Gasteiger partial charge on any atom is 0.313 e. The number of hydrogen-bond donors (Lipinski definition) is 0. The number of carbonyl (C=O) groups is 4. The van der Waals surface area contributed by atoms with Gasteiger partial charge in [-0.2, -0.15) is 0 Å². The number of imide groups is 1. The molecule has 4 aliphatic carbocycles. The number of para-hydroxylation sites is 1. The van der Waals surface area contributed by atoms with Crippen LogP contribution < -0.4 is 4.74 Å². The first kappa shape index (κ1) is 17.3. The minimum Gasteiger partial charge on any atom is -0.426 e. The van der Waals surface area contributed by atoms with E-state index in [1.54, 1.807) is 24.3 Å². The van der Waals surface area contributed by atoms with Gasteiger partial charge in [-0.1, -0.05) is 24.3 Å². The summed E-state index contributed by atoms with van der Waals surface area (Å²) in [5.41, 5.74) is 0.331. The summed E-state index contributed by atoms with van der Waals surface area (Å²) in [6.07, 6.45) is 5.29. The number of esters is 1. The van der Waals surface area contributed by atoms with Crippen molar-refractivity contribution >= 4 is 23.6 Å². The SMILES string of the molecule is CC(=O)c1ccccc1OC(=O)CCN1C(=O)[C@@H]2[C@@H]3C=C[C@H]([C@@H]4C[C@H]34)[C@@H]2C1=O. The van der Waals surface area contributed by atoms with E-state index in [0.717, 1.165) is 6.42 Å². The molecule has 6 heteroatoms. The van der Waals surface area contributed by atoms with Crippen LogP contribution >= 0.6 is 0 Å². The Morgan fingerprint density at radius 3 is 2.25 bits per heavy atom. The third-order valence-electron chi connectivity index (χ3n) is 6.78. The highest BCUT2D eigenvalue weighted by atomic mass is 16.5. The highest BCUT2D eigenvalue weighted by molar-refractivity contribution is 6.06. The molecule has 1 aliphatic heterocycles. The molecule has 0 radical (unpaired) electrons. The first-order chi connectivity index (χ1) is 13.5. The standard InChI is InChI=1S/C22H21NO5/c1-11(24)12-4-2-3-5-17(12)28-18(25)8-9-23-21(26)19-13-6-7-14(16-10-15(13)16)20(19)22(23)27/h2-7,13-16,19-20H,8-10H2,1H3/t13-,14-,15-,16+,19-,20+/m1/s1. The molecule has 144 valence electrons. The van der Waals surface area contributed by atoms with Crippen molar-refractivity contribution in [1.29, 1.82) is 0 Å². The number of rotatable bonds is 5. The number of ether oxygens (including phenoxy) is 1. The number of amides is 2. The fraction of sp³-hybridized carbons (Fsp3) is 0.455. The van der Waals surface area contributed by atoms with Crippen LogP contribution in [0.4, 0.5) is 0 Å². The van der Waals surface area contributed by atoms with E-state index in [1.165, 1.54) is 11.8 Å². The molecule has 2 bridgehead atoms. The summed E-state index contributed by atoms with van der Waals surface area (Å²) in [6, 6.07) is 6.54. The summed E-state index contributed by atoms with van der Waals surface area (Å²) in [4.78, 5) is 51.0. The van der Waals surface area contributed by atoms with Gasteiger partial charge in [-0.25, -0.2) is 0 Å². The van der Waals surface area contributed by atoms with Crippen molar-refractivity contribution in [3.8, 4) is 5.75 Å². The largest absolute Gasteiger partial charge is 0.426 e.